The molecule has 0 atom stereocenters. The predicted octanol–water partition coefficient (Wildman–Crippen LogP) is 0.663. The Morgan fingerprint density at radius 3 is 1.00 bits per heavy atom. The minimum absolute atomic E-state index is 0. The van der Waals surface area contributed by atoms with Crippen LogP contribution in [0.1, 0.15) is 0 Å². The summed E-state index contributed by atoms with van der Waals surface area (Å²) < 4.78 is 0. The summed E-state index contributed by atoms with van der Waals surface area (Å²) in [7, 11) is 1.25. The van der Waals surface area contributed by atoms with Crippen LogP contribution in [0.25, 0.3) is 5.73 Å². The number of rotatable bonds is 0. The maximum atomic E-state index is 5.75. The molecule has 2 radical (unpaired) electrons. The SMILES string of the molecule is C[NH-].[Y].[Y]. The van der Waals surface area contributed by atoms with Gasteiger partial charge >= 0.3 is 0 Å². The van der Waals surface area contributed by atoms with E-state index in [9.17, 15) is 0 Å². The zero-order valence-electron chi connectivity index (χ0n) is 2.65. The van der Waals surface area contributed by atoms with E-state index in [0.29, 0.717) is 0 Å². The summed E-state index contributed by atoms with van der Waals surface area (Å²) in [5, 5.41) is 0. The molecule has 0 aromatic carbocycles. The zero-order chi connectivity index (χ0) is 2.00. The van der Waals surface area contributed by atoms with Crippen molar-refractivity contribution in [2.75, 3.05) is 7.05 Å². The Balaban J connectivity index is -0.00000000500. The molecule has 0 rings (SSSR count). The molecule has 4 heavy (non-hydrogen) atoms. The van der Waals surface area contributed by atoms with Gasteiger partial charge in [-0.15, -0.1) is 0 Å². The molecule has 0 aliphatic rings. The van der Waals surface area contributed by atoms with Crippen LogP contribution in [0.5, 0.6) is 0 Å². The van der Waals surface area contributed by atoms with Crippen LogP contribution < -0.4 is 0 Å². The van der Waals surface area contributed by atoms with Crippen molar-refractivity contribution in [1.82, 2.24) is 0 Å². The van der Waals surface area contributed by atoms with Gasteiger partial charge in [0.05, 0.1) is 0 Å². The van der Waals surface area contributed by atoms with Gasteiger partial charge in [-0.3, -0.25) is 0 Å². The fraction of sp³-hybridized carbons (Fsp3) is 1.00. The Bertz CT molecular complexity index is 6.00. The van der Waals surface area contributed by atoms with Crippen molar-refractivity contribution >= 4 is 0 Å². The molecule has 0 aromatic rings. The Hall–Kier alpha value is 2.17. The molecule has 0 bridgehead atoms. The fourth-order valence-corrected chi connectivity index (χ4v) is 0. The van der Waals surface area contributed by atoms with Gasteiger partial charge in [-0.25, -0.2) is 0 Å². The summed E-state index contributed by atoms with van der Waals surface area (Å²) in [4.78, 5) is 0. The van der Waals surface area contributed by atoms with Gasteiger partial charge in [0.15, 0.2) is 0 Å². The van der Waals surface area contributed by atoms with Crippen LogP contribution >= 0.6 is 0 Å². The van der Waals surface area contributed by atoms with Crippen LogP contribution in [-0.2, 0) is 65.4 Å². The molecule has 0 aliphatic carbocycles. The average Bonchev–Trinajstić information content (AvgIpc) is 1.00. The summed E-state index contributed by atoms with van der Waals surface area (Å²) in [6, 6.07) is 0. The van der Waals surface area contributed by atoms with Crippen LogP contribution in [0.2, 0.25) is 0 Å². The maximum Gasteiger partial charge on any atom is 0 e. The van der Waals surface area contributed by atoms with Crippen LogP contribution in [0.4, 0.5) is 0 Å². The third-order valence-electron chi connectivity index (χ3n) is 0. The van der Waals surface area contributed by atoms with Gasteiger partial charge in [-0.05, 0) is 0 Å². The van der Waals surface area contributed by atoms with E-state index >= 15 is 0 Å². The minimum Gasteiger partial charge on any atom is -0.680 e. The summed E-state index contributed by atoms with van der Waals surface area (Å²) in [5.74, 6) is 0. The molecule has 0 fully saturated rings. The third kappa shape index (κ3) is 8.90. The summed E-state index contributed by atoms with van der Waals surface area (Å²) in [6.45, 7) is 0. The van der Waals surface area contributed by atoms with Crippen molar-refractivity contribution in [3.8, 4) is 0 Å². The van der Waals surface area contributed by atoms with E-state index in [4.69, 9.17) is 5.73 Å². The van der Waals surface area contributed by atoms with Gasteiger partial charge in [0.25, 0.3) is 0 Å². The van der Waals surface area contributed by atoms with Crippen molar-refractivity contribution in [3.63, 3.8) is 0 Å². The summed E-state index contributed by atoms with van der Waals surface area (Å²) in [6.07, 6.45) is 0. The molecular formula is CH4NY2-. The molecular weight excluding hydrogens is 204 g/mol. The van der Waals surface area contributed by atoms with Crippen LogP contribution in [0.15, 0.2) is 0 Å². The first-order valence-electron chi connectivity index (χ1n) is 0.500. The monoisotopic (exact) mass is 208 g/mol. The van der Waals surface area contributed by atoms with E-state index in [2.05, 4.69) is 0 Å². The second kappa shape index (κ2) is 19.1. The second-order valence-electron chi connectivity index (χ2n) is 0. The molecule has 0 saturated carbocycles. The quantitative estimate of drug-likeness (QED) is 0.558. The molecule has 0 saturated heterocycles. The smallest absolute Gasteiger partial charge is 0 e. The van der Waals surface area contributed by atoms with Gasteiger partial charge in [-0.1, -0.05) is 0 Å². The van der Waals surface area contributed by atoms with Crippen molar-refractivity contribution in [2.24, 2.45) is 0 Å². The topological polar surface area (TPSA) is 23.8 Å². The van der Waals surface area contributed by atoms with Crippen LogP contribution in [0, 0.1) is 0 Å². The normalized spacial score (nSPS) is 1.50. The van der Waals surface area contributed by atoms with Crippen LogP contribution in [0.3, 0.4) is 0 Å². The predicted molar refractivity (Wildman–Crippen MR) is 10.2 cm³/mol. The summed E-state index contributed by atoms with van der Waals surface area (Å²) in [5.41, 5.74) is 5.75. The van der Waals surface area contributed by atoms with Crippen molar-refractivity contribution < 1.29 is 65.4 Å². The zero-order valence-corrected chi connectivity index (χ0v) is 8.33. The molecule has 0 amide bonds. The van der Waals surface area contributed by atoms with E-state index in [1.54, 1.807) is 0 Å². The van der Waals surface area contributed by atoms with E-state index < -0.39 is 0 Å². The molecule has 1 N–H and O–H groups in total. The number of hydrogen-bond donors (Lipinski definition) is 0. The molecule has 0 aliphatic heterocycles. The van der Waals surface area contributed by atoms with E-state index in [1.807, 2.05) is 0 Å². The van der Waals surface area contributed by atoms with Gasteiger partial charge < -0.3 is 5.73 Å². The second-order valence-corrected chi connectivity index (χ2v) is 0. The van der Waals surface area contributed by atoms with Crippen molar-refractivity contribution in [3.05, 3.63) is 5.73 Å². The van der Waals surface area contributed by atoms with Crippen molar-refractivity contribution in [1.29, 1.82) is 0 Å². The number of nitrogens with one attached hydrogen (secondary N) is 1. The van der Waals surface area contributed by atoms with E-state index in [1.165, 1.54) is 7.05 Å². The molecule has 0 spiro atoms. The first-order valence-corrected chi connectivity index (χ1v) is 0.500. The Morgan fingerprint density at radius 1 is 1.00 bits per heavy atom. The molecule has 3 heteroatoms. The average molecular weight is 208 g/mol. The van der Waals surface area contributed by atoms with E-state index in [-0.39, 0.29) is 65.4 Å². The van der Waals surface area contributed by atoms with E-state index in [0.717, 1.165) is 0 Å². The molecule has 0 aromatic heterocycles. The van der Waals surface area contributed by atoms with Gasteiger partial charge in [0.1, 0.15) is 0 Å². The minimum atomic E-state index is 0. The van der Waals surface area contributed by atoms with Gasteiger partial charge in [0, 0.05) is 65.4 Å². The van der Waals surface area contributed by atoms with Crippen LogP contribution in [-0.4, -0.2) is 7.05 Å². The maximum absolute atomic E-state index is 5.75. The largest absolute Gasteiger partial charge is 0.680 e. The Morgan fingerprint density at radius 2 is 1.00 bits per heavy atom. The first-order chi connectivity index (χ1) is 1.00. The van der Waals surface area contributed by atoms with Gasteiger partial charge in [-0.2, -0.15) is 7.05 Å². The van der Waals surface area contributed by atoms with Crippen molar-refractivity contribution in [2.45, 2.75) is 0 Å². The van der Waals surface area contributed by atoms with Gasteiger partial charge in [0.2, 0.25) is 0 Å². The third-order valence-corrected chi connectivity index (χ3v) is 0. The summed E-state index contributed by atoms with van der Waals surface area (Å²) >= 11 is 0. The molecule has 0 heterocycles. The standard InChI is InChI=1S/CH4N.2Y/c1-2;;/h2H,1H3;;/q-1;;. The molecule has 20 valence electrons. The first kappa shape index (κ1) is 16.4. The Kier molecular flexibility index (Phi) is 78.4. The number of hydrogen-bond acceptors (Lipinski definition) is 0. The Labute approximate surface area is 76.8 Å². The fourth-order valence-electron chi connectivity index (χ4n) is 0. The molecule has 0 unspecified atom stereocenters. The molecule has 1 nitrogen and oxygen atoms in total.